The lowest BCUT2D eigenvalue weighted by molar-refractivity contribution is 0.0497. The van der Waals surface area contributed by atoms with Gasteiger partial charge in [-0.3, -0.25) is 0 Å². The Morgan fingerprint density at radius 2 is 1.80 bits per heavy atom. The highest BCUT2D eigenvalue weighted by molar-refractivity contribution is 6.33. The van der Waals surface area contributed by atoms with Gasteiger partial charge in [0.2, 0.25) is 0 Å². The van der Waals surface area contributed by atoms with Gasteiger partial charge in [0.1, 0.15) is 0 Å². The number of carbonyl (C=O) groups is 1. The fourth-order valence-electron chi connectivity index (χ4n) is 1.96. The van der Waals surface area contributed by atoms with Gasteiger partial charge in [-0.15, -0.1) is 0 Å². The minimum atomic E-state index is -0.335. The number of hydrogen-bond acceptors (Lipinski definition) is 3. The summed E-state index contributed by atoms with van der Waals surface area (Å²) >= 11 is 5.87. The van der Waals surface area contributed by atoms with E-state index < -0.39 is 0 Å². The van der Waals surface area contributed by atoms with Gasteiger partial charge in [-0.2, -0.15) is 0 Å². The Morgan fingerprint density at radius 1 is 1.15 bits per heavy atom. The SMILES string of the molecule is CCCCCCCCCOC(=O)c1ccc(N)c(Cl)c1. The Labute approximate surface area is 126 Å². The molecule has 0 fully saturated rings. The zero-order valence-electron chi connectivity index (χ0n) is 12.2. The van der Waals surface area contributed by atoms with Crippen LogP contribution in [-0.2, 0) is 4.74 Å². The topological polar surface area (TPSA) is 52.3 Å². The maximum atomic E-state index is 11.8. The fraction of sp³-hybridized carbons (Fsp3) is 0.562. The van der Waals surface area contributed by atoms with Crippen molar-refractivity contribution in [3.05, 3.63) is 28.8 Å². The normalized spacial score (nSPS) is 10.5. The molecule has 3 nitrogen and oxygen atoms in total. The van der Waals surface area contributed by atoms with Crippen molar-refractivity contribution < 1.29 is 9.53 Å². The highest BCUT2D eigenvalue weighted by Crippen LogP contribution is 2.20. The molecule has 4 heteroatoms. The van der Waals surface area contributed by atoms with Crippen LogP contribution < -0.4 is 5.73 Å². The van der Waals surface area contributed by atoms with Crippen molar-refractivity contribution in [1.82, 2.24) is 0 Å². The number of esters is 1. The Hall–Kier alpha value is -1.22. The van der Waals surface area contributed by atoms with Gasteiger partial charge in [0.25, 0.3) is 0 Å². The van der Waals surface area contributed by atoms with Crippen LogP contribution in [-0.4, -0.2) is 12.6 Å². The molecule has 1 rings (SSSR count). The van der Waals surface area contributed by atoms with Crippen LogP contribution in [0.25, 0.3) is 0 Å². The molecule has 0 aliphatic carbocycles. The first-order valence-electron chi connectivity index (χ1n) is 7.37. The van der Waals surface area contributed by atoms with Crippen molar-refractivity contribution in [2.75, 3.05) is 12.3 Å². The molecule has 0 saturated heterocycles. The number of rotatable bonds is 9. The van der Waals surface area contributed by atoms with E-state index in [0.717, 1.165) is 12.8 Å². The van der Waals surface area contributed by atoms with Crippen LogP contribution in [0.4, 0.5) is 5.69 Å². The maximum absolute atomic E-state index is 11.8. The maximum Gasteiger partial charge on any atom is 0.338 e. The fourth-order valence-corrected chi connectivity index (χ4v) is 2.14. The van der Waals surface area contributed by atoms with Gasteiger partial charge in [0.05, 0.1) is 22.9 Å². The van der Waals surface area contributed by atoms with Crippen molar-refractivity contribution in [1.29, 1.82) is 0 Å². The predicted molar refractivity (Wildman–Crippen MR) is 84.1 cm³/mol. The highest BCUT2D eigenvalue weighted by atomic mass is 35.5. The molecule has 0 aliphatic heterocycles. The van der Waals surface area contributed by atoms with Crippen LogP contribution in [0.3, 0.4) is 0 Å². The average Bonchev–Trinajstić information content (AvgIpc) is 2.44. The second kappa shape index (κ2) is 9.65. The molecule has 0 amide bonds. The molecule has 0 aliphatic rings. The number of hydrogen-bond donors (Lipinski definition) is 1. The number of halogens is 1. The molecular weight excluding hydrogens is 274 g/mol. The van der Waals surface area contributed by atoms with Gasteiger partial charge < -0.3 is 10.5 Å². The number of benzene rings is 1. The molecule has 0 spiro atoms. The van der Waals surface area contributed by atoms with E-state index in [0.29, 0.717) is 22.9 Å². The van der Waals surface area contributed by atoms with E-state index in [-0.39, 0.29) is 5.97 Å². The van der Waals surface area contributed by atoms with Crippen LogP contribution in [0, 0.1) is 0 Å². The summed E-state index contributed by atoms with van der Waals surface area (Å²) in [5.41, 5.74) is 6.51. The summed E-state index contributed by atoms with van der Waals surface area (Å²) < 4.78 is 5.21. The van der Waals surface area contributed by atoms with Crippen molar-refractivity contribution >= 4 is 23.3 Å². The molecule has 0 atom stereocenters. The summed E-state index contributed by atoms with van der Waals surface area (Å²) in [6, 6.07) is 4.80. The molecule has 20 heavy (non-hydrogen) atoms. The van der Waals surface area contributed by atoms with E-state index in [1.807, 2.05) is 0 Å². The number of carbonyl (C=O) groups excluding carboxylic acids is 1. The molecule has 0 bridgehead atoms. The van der Waals surface area contributed by atoms with Gasteiger partial charge in [0, 0.05) is 0 Å². The van der Waals surface area contributed by atoms with E-state index in [1.165, 1.54) is 32.1 Å². The lowest BCUT2D eigenvalue weighted by Crippen LogP contribution is -2.06. The molecule has 0 unspecified atom stereocenters. The van der Waals surface area contributed by atoms with E-state index in [2.05, 4.69) is 6.92 Å². The van der Waals surface area contributed by atoms with E-state index in [9.17, 15) is 4.79 Å². The van der Waals surface area contributed by atoms with Gasteiger partial charge in [-0.1, -0.05) is 57.0 Å². The second-order valence-electron chi connectivity index (χ2n) is 4.99. The number of ether oxygens (including phenoxy) is 1. The molecule has 0 radical (unpaired) electrons. The number of nitrogens with two attached hydrogens (primary N) is 1. The summed E-state index contributed by atoms with van der Waals surface area (Å²) in [7, 11) is 0. The van der Waals surface area contributed by atoms with Crippen LogP contribution in [0.2, 0.25) is 5.02 Å². The molecule has 1 aromatic carbocycles. The van der Waals surface area contributed by atoms with Crippen LogP contribution in [0.1, 0.15) is 62.2 Å². The molecule has 112 valence electrons. The quantitative estimate of drug-likeness (QED) is 0.403. The van der Waals surface area contributed by atoms with Crippen molar-refractivity contribution in [2.45, 2.75) is 51.9 Å². The Morgan fingerprint density at radius 3 is 2.45 bits per heavy atom. The monoisotopic (exact) mass is 297 g/mol. The van der Waals surface area contributed by atoms with Crippen molar-refractivity contribution in [3.63, 3.8) is 0 Å². The second-order valence-corrected chi connectivity index (χ2v) is 5.40. The predicted octanol–water partition coefficient (Wildman–Crippen LogP) is 4.83. The lowest BCUT2D eigenvalue weighted by atomic mass is 10.1. The first kappa shape index (κ1) is 16.8. The van der Waals surface area contributed by atoms with E-state index in [4.69, 9.17) is 22.1 Å². The smallest absolute Gasteiger partial charge is 0.338 e. The van der Waals surface area contributed by atoms with E-state index >= 15 is 0 Å². The number of anilines is 1. The van der Waals surface area contributed by atoms with Gasteiger partial charge in [-0.05, 0) is 24.6 Å². The molecule has 0 saturated carbocycles. The molecule has 0 heterocycles. The van der Waals surface area contributed by atoms with Crippen LogP contribution >= 0.6 is 11.6 Å². The third kappa shape index (κ3) is 6.29. The minimum Gasteiger partial charge on any atom is -0.462 e. The van der Waals surface area contributed by atoms with Gasteiger partial charge >= 0.3 is 5.97 Å². The van der Waals surface area contributed by atoms with E-state index in [1.54, 1.807) is 18.2 Å². The zero-order valence-corrected chi connectivity index (χ0v) is 12.9. The summed E-state index contributed by atoms with van der Waals surface area (Å²) in [4.78, 5) is 11.8. The molecule has 1 aromatic rings. The molecule has 2 N–H and O–H groups in total. The number of unbranched alkanes of at least 4 members (excludes halogenated alkanes) is 6. The summed E-state index contributed by atoms with van der Waals surface area (Å²) in [5, 5.41) is 0.385. The van der Waals surface area contributed by atoms with Gasteiger partial charge in [-0.25, -0.2) is 4.79 Å². The Bertz CT molecular complexity index is 421. The summed E-state index contributed by atoms with van der Waals surface area (Å²) in [5.74, 6) is -0.335. The Balaban J connectivity index is 2.15. The zero-order chi connectivity index (χ0) is 14.8. The average molecular weight is 298 g/mol. The lowest BCUT2D eigenvalue weighted by Gasteiger charge is -2.06. The van der Waals surface area contributed by atoms with Crippen LogP contribution in [0.15, 0.2) is 18.2 Å². The van der Waals surface area contributed by atoms with Crippen molar-refractivity contribution in [2.24, 2.45) is 0 Å². The summed E-state index contributed by atoms with van der Waals surface area (Å²) in [6.45, 7) is 2.68. The first-order valence-corrected chi connectivity index (χ1v) is 7.75. The molecule has 0 aromatic heterocycles. The third-order valence-electron chi connectivity index (χ3n) is 3.22. The highest BCUT2D eigenvalue weighted by Gasteiger charge is 2.08. The van der Waals surface area contributed by atoms with Gasteiger partial charge in [0.15, 0.2) is 0 Å². The number of nitrogen functional groups attached to an aromatic ring is 1. The standard InChI is InChI=1S/C16H24ClNO2/c1-2-3-4-5-6-7-8-11-20-16(19)13-9-10-15(18)14(17)12-13/h9-10,12H,2-8,11,18H2,1H3. The van der Waals surface area contributed by atoms with Crippen molar-refractivity contribution in [3.8, 4) is 0 Å². The first-order chi connectivity index (χ1) is 9.65. The minimum absolute atomic E-state index is 0.335. The Kier molecular flexibility index (Phi) is 8.12. The molecular formula is C16H24ClNO2. The largest absolute Gasteiger partial charge is 0.462 e. The summed E-state index contributed by atoms with van der Waals surface area (Å²) in [6.07, 6.45) is 8.40. The van der Waals surface area contributed by atoms with Crippen LogP contribution in [0.5, 0.6) is 0 Å². The third-order valence-corrected chi connectivity index (χ3v) is 3.54.